The van der Waals surface area contributed by atoms with E-state index < -0.39 is 0 Å². The third-order valence-electron chi connectivity index (χ3n) is 3.67. The number of nitrogens with zero attached hydrogens (tertiary/aromatic N) is 1. The molecular weight excluding hydrogens is 250 g/mol. The van der Waals surface area contributed by atoms with Crippen molar-refractivity contribution in [3.63, 3.8) is 0 Å². The monoisotopic (exact) mass is 276 g/mol. The van der Waals surface area contributed by atoms with Gasteiger partial charge in [0.25, 0.3) is 0 Å². The summed E-state index contributed by atoms with van der Waals surface area (Å²) >= 11 is 2.07. The van der Waals surface area contributed by atoms with Gasteiger partial charge in [0.05, 0.1) is 0 Å². The molecule has 0 amide bonds. The van der Waals surface area contributed by atoms with Crippen LogP contribution in [0.1, 0.15) is 37.7 Å². The fraction of sp³-hybridized carbons (Fsp3) is 0.588. The standard InChI is InChI=1S/C17H26NS/c1-4-10-17(11-5-1)16-19-15-9-3-8-14-18-12-6-2-7-13-18/h1-2,4-5,10-11H,3,6-9,12-16H2. The molecule has 0 saturated carbocycles. The lowest BCUT2D eigenvalue weighted by molar-refractivity contribution is 0.249. The van der Waals surface area contributed by atoms with Crippen molar-refractivity contribution in [2.75, 3.05) is 25.4 Å². The third-order valence-corrected chi connectivity index (χ3v) is 4.79. The van der Waals surface area contributed by atoms with E-state index in [2.05, 4.69) is 53.4 Å². The molecule has 19 heavy (non-hydrogen) atoms. The Hall–Kier alpha value is -0.470. The molecule has 1 fully saturated rings. The highest BCUT2D eigenvalue weighted by atomic mass is 32.2. The molecule has 1 aliphatic heterocycles. The third kappa shape index (κ3) is 6.49. The van der Waals surface area contributed by atoms with Crippen LogP contribution < -0.4 is 0 Å². The fourth-order valence-electron chi connectivity index (χ4n) is 2.51. The first-order valence-corrected chi connectivity index (χ1v) is 8.76. The Kier molecular flexibility index (Phi) is 7.41. The van der Waals surface area contributed by atoms with Crippen molar-refractivity contribution in [1.29, 1.82) is 0 Å². The average molecular weight is 276 g/mol. The van der Waals surface area contributed by atoms with E-state index in [1.54, 1.807) is 0 Å². The molecule has 0 spiro atoms. The largest absolute Gasteiger partial charge is 0.303 e. The van der Waals surface area contributed by atoms with Gasteiger partial charge in [0.15, 0.2) is 0 Å². The molecule has 1 aliphatic rings. The summed E-state index contributed by atoms with van der Waals surface area (Å²) in [5, 5.41) is 0. The van der Waals surface area contributed by atoms with Crippen molar-refractivity contribution in [2.24, 2.45) is 0 Å². The molecule has 1 radical (unpaired) electrons. The molecule has 0 bridgehead atoms. The van der Waals surface area contributed by atoms with E-state index in [0.717, 1.165) is 0 Å². The molecule has 0 unspecified atom stereocenters. The van der Waals surface area contributed by atoms with Gasteiger partial charge < -0.3 is 4.90 Å². The summed E-state index contributed by atoms with van der Waals surface area (Å²) in [4.78, 5) is 2.62. The van der Waals surface area contributed by atoms with Crippen LogP contribution in [0.15, 0.2) is 30.3 Å². The summed E-state index contributed by atoms with van der Waals surface area (Å²) < 4.78 is 0. The number of unbranched alkanes of at least 4 members (excludes halogenated alkanes) is 2. The first kappa shape index (κ1) is 14.9. The fourth-order valence-corrected chi connectivity index (χ4v) is 3.49. The maximum Gasteiger partial charge on any atom is 0.0184 e. The molecule has 105 valence electrons. The number of rotatable bonds is 8. The van der Waals surface area contributed by atoms with Crippen molar-refractivity contribution in [3.05, 3.63) is 42.3 Å². The number of benzene rings is 1. The minimum absolute atomic E-state index is 1.17. The first-order valence-electron chi connectivity index (χ1n) is 7.61. The van der Waals surface area contributed by atoms with Crippen LogP contribution in [-0.4, -0.2) is 30.3 Å². The molecule has 0 atom stereocenters. The molecule has 1 aromatic carbocycles. The highest BCUT2D eigenvalue weighted by molar-refractivity contribution is 7.98. The molecule has 1 nitrogen and oxygen atoms in total. The van der Waals surface area contributed by atoms with E-state index in [4.69, 9.17) is 0 Å². The molecule has 1 saturated heterocycles. The Morgan fingerprint density at radius 1 is 0.947 bits per heavy atom. The smallest absolute Gasteiger partial charge is 0.0184 e. The summed E-state index contributed by atoms with van der Waals surface area (Å²) in [6, 6.07) is 10.8. The summed E-state index contributed by atoms with van der Waals surface area (Å²) in [5.74, 6) is 2.48. The van der Waals surface area contributed by atoms with Crippen LogP contribution in [0.2, 0.25) is 0 Å². The predicted molar refractivity (Wildman–Crippen MR) is 86.4 cm³/mol. The van der Waals surface area contributed by atoms with Gasteiger partial charge in [0.2, 0.25) is 0 Å². The van der Waals surface area contributed by atoms with Gasteiger partial charge in [-0.25, -0.2) is 0 Å². The number of thioether (sulfide) groups is 1. The summed E-state index contributed by atoms with van der Waals surface area (Å²) in [7, 11) is 0. The van der Waals surface area contributed by atoms with E-state index >= 15 is 0 Å². The molecule has 2 rings (SSSR count). The van der Waals surface area contributed by atoms with Crippen molar-refractivity contribution in [1.82, 2.24) is 4.90 Å². The van der Waals surface area contributed by atoms with E-state index in [-0.39, 0.29) is 0 Å². The Balaban J connectivity index is 1.42. The van der Waals surface area contributed by atoms with Gasteiger partial charge in [-0.05, 0) is 63.1 Å². The van der Waals surface area contributed by atoms with Gasteiger partial charge in [-0.15, -0.1) is 0 Å². The quantitative estimate of drug-likeness (QED) is 0.648. The van der Waals surface area contributed by atoms with Crippen LogP contribution in [0.3, 0.4) is 0 Å². The van der Waals surface area contributed by atoms with Gasteiger partial charge in [0.1, 0.15) is 0 Å². The zero-order valence-electron chi connectivity index (χ0n) is 11.9. The van der Waals surface area contributed by atoms with Crippen molar-refractivity contribution in [2.45, 2.75) is 37.9 Å². The highest BCUT2D eigenvalue weighted by Crippen LogP contribution is 2.14. The normalized spacial score (nSPS) is 16.6. The maximum absolute atomic E-state index is 2.62. The Morgan fingerprint density at radius 3 is 2.53 bits per heavy atom. The second-order valence-corrected chi connectivity index (χ2v) is 6.41. The Morgan fingerprint density at radius 2 is 1.74 bits per heavy atom. The molecule has 0 aliphatic carbocycles. The SMILES string of the molecule is [CH]1CCN(CCCCCSCc2ccccc2)CC1. The zero-order valence-corrected chi connectivity index (χ0v) is 12.7. The molecular formula is C17H26NS. The summed E-state index contributed by atoms with van der Waals surface area (Å²) in [5.41, 5.74) is 1.46. The van der Waals surface area contributed by atoms with E-state index in [1.807, 2.05) is 0 Å². The van der Waals surface area contributed by atoms with Crippen LogP contribution in [0.4, 0.5) is 0 Å². The van der Waals surface area contributed by atoms with Crippen molar-refractivity contribution >= 4 is 11.8 Å². The molecule has 0 aromatic heterocycles. The van der Waals surface area contributed by atoms with Gasteiger partial charge in [-0.1, -0.05) is 36.8 Å². The number of piperidine rings is 1. The predicted octanol–water partition coefficient (Wildman–Crippen LogP) is 4.39. The van der Waals surface area contributed by atoms with Gasteiger partial charge in [-0.3, -0.25) is 0 Å². The lowest BCUT2D eigenvalue weighted by atomic mass is 10.1. The lowest BCUT2D eigenvalue weighted by Gasteiger charge is -2.26. The topological polar surface area (TPSA) is 3.24 Å². The van der Waals surface area contributed by atoms with E-state index in [0.29, 0.717) is 0 Å². The minimum atomic E-state index is 1.17. The van der Waals surface area contributed by atoms with Crippen LogP contribution in [-0.2, 0) is 5.75 Å². The van der Waals surface area contributed by atoms with Gasteiger partial charge in [-0.2, -0.15) is 11.8 Å². The second-order valence-electron chi connectivity index (χ2n) is 5.31. The average Bonchev–Trinajstić information content (AvgIpc) is 2.48. The molecule has 2 heteroatoms. The lowest BCUT2D eigenvalue weighted by Crippen LogP contribution is -2.30. The van der Waals surface area contributed by atoms with Crippen LogP contribution in [0, 0.1) is 6.42 Å². The van der Waals surface area contributed by atoms with Gasteiger partial charge >= 0.3 is 0 Å². The van der Waals surface area contributed by atoms with Gasteiger partial charge in [0, 0.05) is 5.75 Å². The summed E-state index contributed by atoms with van der Waals surface area (Å²) in [6.07, 6.45) is 9.17. The van der Waals surface area contributed by atoms with Crippen LogP contribution in [0.5, 0.6) is 0 Å². The van der Waals surface area contributed by atoms with Crippen LogP contribution in [0.25, 0.3) is 0 Å². The van der Waals surface area contributed by atoms with Crippen molar-refractivity contribution in [3.8, 4) is 0 Å². The maximum atomic E-state index is 2.62. The number of likely N-dealkylation sites (tertiary alicyclic amines) is 1. The molecule has 1 aromatic rings. The summed E-state index contributed by atoms with van der Waals surface area (Å²) in [6.45, 7) is 3.91. The number of hydrogen-bond donors (Lipinski definition) is 0. The first-order chi connectivity index (χ1) is 9.45. The Labute approximate surface area is 122 Å². The van der Waals surface area contributed by atoms with E-state index in [1.165, 1.54) is 68.8 Å². The minimum Gasteiger partial charge on any atom is -0.303 e. The molecule has 1 heterocycles. The number of hydrogen-bond acceptors (Lipinski definition) is 2. The Bertz CT molecular complexity index is 319. The van der Waals surface area contributed by atoms with Crippen LogP contribution >= 0.6 is 11.8 Å². The van der Waals surface area contributed by atoms with E-state index in [9.17, 15) is 0 Å². The van der Waals surface area contributed by atoms with Crippen molar-refractivity contribution < 1.29 is 0 Å². The molecule has 0 N–H and O–H groups in total. The second kappa shape index (κ2) is 9.44. The zero-order chi connectivity index (χ0) is 13.2. The highest BCUT2D eigenvalue weighted by Gasteiger charge is 2.08.